The van der Waals surface area contributed by atoms with Crippen LogP contribution in [0.15, 0.2) is 0 Å². The molecule has 0 aromatic rings. The molecule has 0 amide bonds. The molecule has 7 nitrogen and oxygen atoms in total. The van der Waals surface area contributed by atoms with Gasteiger partial charge in [-0.1, -0.05) is 64.7 Å². The van der Waals surface area contributed by atoms with Crippen molar-refractivity contribution in [1.82, 2.24) is 0 Å². The summed E-state index contributed by atoms with van der Waals surface area (Å²) in [7, 11) is -7.54. The highest BCUT2D eigenvalue weighted by Crippen LogP contribution is 2.43. The minimum atomic E-state index is -4.04. The van der Waals surface area contributed by atoms with Gasteiger partial charge in [-0.2, -0.15) is 0 Å². The van der Waals surface area contributed by atoms with Gasteiger partial charge >= 0.3 is 15.4 Å². The number of hydrogen-bond donors (Lipinski definition) is 2. The molecule has 0 saturated carbocycles. The first kappa shape index (κ1) is 25.3. The molecule has 0 aromatic heterocycles. The van der Waals surface area contributed by atoms with E-state index in [0.29, 0.717) is 0 Å². The van der Waals surface area contributed by atoms with E-state index in [1.165, 1.54) is 44.9 Å². The Morgan fingerprint density at radius 2 is 1.04 bits per heavy atom. The summed E-state index contributed by atoms with van der Waals surface area (Å²) in [6.07, 6.45) is 12.1. The molecule has 0 aliphatic rings. The Morgan fingerprint density at radius 3 is 1.52 bits per heavy atom. The standard InChI is InChI=1S/C16H36O7P2/c1-3-4-5-6-7-8-9-10-11-12-14-22-25(19,20)23-16-13-15-21-24(2,17)18/h3-16H2,1-2H3,(H,17,18)(H,19,20). The third kappa shape index (κ3) is 20.4. The summed E-state index contributed by atoms with van der Waals surface area (Å²) < 4.78 is 36.8. The van der Waals surface area contributed by atoms with Crippen LogP contribution in [0, 0.1) is 0 Å². The summed E-state index contributed by atoms with van der Waals surface area (Å²) in [6.45, 7) is 3.42. The Morgan fingerprint density at radius 1 is 0.640 bits per heavy atom. The molecule has 25 heavy (non-hydrogen) atoms. The van der Waals surface area contributed by atoms with Gasteiger partial charge in [-0.25, -0.2) is 4.57 Å². The summed E-state index contributed by atoms with van der Waals surface area (Å²) in [5.41, 5.74) is 0. The Bertz CT molecular complexity index is 398. The molecule has 0 fully saturated rings. The highest BCUT2D eigenvalue weighted by molar-refractivity contribution is 7.51. The molecule has 0 aliphatic heterocycles. The number of unbranched alkanes of at least 4 members (excludes halogenated alkanes) is 9. The average molecular weight is 402 g/mol. The maximum Gasteiger partial charge on any atom is 0.472 e. The summed E-state index contributed by atoms with van der Waals surface area (Å²) in [6, 6.07) is 0. The van der Waals surface area contributed by atoms with Gasteiger partial charge in [0.15, 0.2) is 0 Å². The Kier molecular flexibility index (Phi) is 15.5. The molecule has 2 atom stereocenters. The predicted octanol–water partition coefficient (Wildman–Crippen LogP) is 5.26. The van der Waals surface area contributed by atoms with Gasteiger partial charge in [-0.05, 0) is 12.8 Å². The van der Waals surface area contributed by atoms with E-state index < -0.39 is 15.4 Å². The number of phosphoric ester groups is 1. The fourth-order valence-electron chi connectivity index (χ4n) is 2.28. The fraction of sp³-hybridized carbons (Fsp3) is 1.00. The van der Waals surface area contributed by atoms with Gasteiger partial charge < -0.3 is 14.3 Å². The van der Waals surface area contributed by atoms with Crippen LogP contribution in [0.2, 0.25) is 0 Å². The largest absolute Gasteiger partial charge is 0.472 e. The second-order valence-electron chi connectivity index (χ2n) is 6.31. The molecule has 0 rings (SSSR count). The fourth-order valence-corrected chi connectivity index (χ4v) is 3.54. The van der Waals surface area contributed by atoms with Crippen molar-refractivity contribution in [3.63, 3.8) is 0 Å². The second-order valence-corrected chi connectivity index (χ2v) is 9.62. The molecule has 0 spiro atoms. The molecule has 0 bridgehead atoms. The van der Waals surface area contributed by atoms with Crippen LogP contribution in [0.25, 0.3) is 0 Å². The second kappa shape index (κ2) is 15.3. The summed E-state index contributed by atoms with van der Waals surface area (Å²) in [5.74, 6) is 0. The SMILES string of the molecule is CCCCCCCCCCCCOP(=O)(O)OCCCOP(C)(=O)O. The van der Waals surface area contributed by atoms with Gasteiger partial charge in [0, 0.05) is 6.66 Å². The molecule has 0 heterocycles. The molecule has 152 valence electrons. The smallest absolute Gasteiger partial charge is 0.324 e. The van der Waals surface area contributed by atoms with Gasteiger partial charge in [-0.15, -0.1) is 0 Å². The van der Waals surface area contributed by atoms with Gasteiger partial charge in [0.05, 0.1) is 19.8 Å². The van der Waals surface area contributed by atoms with Crippen LogP contribution in [0.1, 0.15) is 77.6 Å². The van der Waals surface area contributed by atoms with Crippen LogP contribution in [0.3, 0.4) is 0 Å². The summed E-state index contributed by atoms with van der Waals surface area (Å²) in [4.78, 5) is 18.4. The lowest BCUT2D eigenvalue weighted by Gasteiger charge is -2.12. The van der Waals surface area contributed by atoms with Gasteiger partial charge in [0.25, 0.3) is 0 Å². The minimum Gasteiger partial charge on any atom is -0.324 e. The van der Waals surface area contributed by atoms with Crippen LogP contribution in [0.4, 0.5) is 0 Å². The monoisotopic (exact) mass is 402 g/mol. The molecule has 0 aromatic carbocycles. The van der Waals surface area contributed by atoms with Crippen molar-refractivity contribution >= 4 is 15.4 Å². The highest BCUT2D eigenvalue weighted by Gasteiger charge is 2.20. The Labute approximate surface area is 152 Å². The van der Waals surface area contributed by atoms with Crippen molar-refractivity contribution in [2.45, 2.75) is 77.6 Å². The van der Waals surface area contributed by atoms with Crippen LogP contribution in [-0.4, -0.2) is 36.3 Å². The first-order valence-electron chi connectivity index (χ1n) is 9.33. The highest BCUT2D eigenvalue weighted by atomic mass is 31.2. The number of hydrogen-bond acceptors (Lipinski definition) is 5. The van der Waals surface area contributed by atoms with E-state index in [4.69, 9.17) is 13.9 Å². The number of rotatable bonds is 18. The zero-order chi connectivity index (χ0) is 19.0. The van der Waals surface area contributed by atoms with Crippen molar-refractivity contribution in [2.24, 2.45) is 0 Å². The van der Waals surface area contributed by atoms with E-state index in [1.807, 2.05) is 0 Å². The summed E-state index contributed by atoms with van der Waals surface area (Å²) in [5, 5.41) is 0. The molecular weight excluding hydrogens is 366 g/mol. The first-order chi connectivity index (χ1) is 11.8. The van der Waals surface area contributed by atoms with E-state index in [2.05, 4.69) is 11.4 Å². The lowest BCUT2D eigenvalue weighted by molar-refractivity contribution is 0.138. The maximum atomic E-state index is 11.6. The topological polar surface area (TPSA) is 102 Å². The van der Waals surface area contributed by atoms with Crippen LogP contribution < -0.4 is 0 Å². The Balaban J connectivity index is 3.42. The van der Waals surface area contributed by atoms with Crippen molar-refractivity contribution in [2.75, 3.05) is 26.5 Å². The van der Waals surface area contributed by atoms with Crippen molar-refractivity contribution in [3.05, 3.63) is 0 Å². The molecule has 0 aliphatic carbocycles. The molecule has 9 heteroatoms. The molecule has 2 N–H and O–H groups in total. The quantitative estimate of drug-likeness (QED) is 0.238. The van der Waals surface area contributed by atoms with Crippen molar-refractivity contribution < 1.29 is 32.5 Å². The first-order valence-corrected chi connectivity index (χ1v) is 12.9. The average Bonchev–Trinajstić information content (AvgIpc) is 2.51. The summed E-state index contributed by atoms with van der Waals surface area (Å²) >= 11 is 0. The lowest BCUT2D eigenvalue weighted by Crippen LogP contribution is -2.01. The van der Waals surface area contributed by atoms with Gasteiger partial charge in [0.1, 0.15) is 0 Å². The van der Waals surface area contributed by atoms with Crippen LogP contribution in [-0.2, 0) is 22.7 Å². The van der Waals surface area contributed by atoms with E-state index in [-0.39, 0.29) is 26.2 Å². The van der Waals surface area contributed by atoms with Gasteiger partial charge in [0.2, 0.25) is 0 Å². The molecule has 2 unspecified atom stereocenters. The zero-order valence-electron chi connectivity index (χ0n) is 15.7. The van der Waals surface area contributed by atoms with Crippen LogP contribution in [0.5, 0.6) is 0 Å². The van der Waals surface area contributed by atoms with E-state index in [0.717, 1.165) is 25.9 Å². The molecular formula is C16H36O7P2. The maximum absolute atomic E-state index is 11.6. The third-order valence-corrected chi connectivity index (χ3v) is 5.31. The Hall–Kier alpha value is 0.260. The van der Waals surface area contributed by atoms with Crippen LogP contribution >= 0.6 is 15.4 Å². The minimum absolute atomic E-state index is 0.0112. The zero-order valence-corrected chi connectivity index (χ0v) is 17.5. The molecule has 0 radical (unpaired) electrons. The van der Waals surface area contributed by atoms with E-state index in [9.17, 15) is 14.0 Å². The van der Waals surface area contributed by atoms with Crippen molar-refractivity contribution in [1.29, 1.82) is 0 Å². The normalized spacial score (nSPS) is 16.5. The lowest BCUT2D eigenvalue weighted by atomic mass is 10.1. The number of phosphoric acid groups is 1. The predicted molar refractivity (Wildman–Crippen MR) is 99.9 cm³/mol. The van der Waals surface area contributed by atoms with E-state index >= 15 is 0 Å². The van der Waals surface area contributed by atoms with Crippen molar-refractivity contribution in [3.8, 4) is 0 Å². The third-order valence-electron chi connectivity index (χ3n) is 3.63. The molecule has 0 saturated heterocycles. The van der Waals surface area contributed by atoms with E-state index in [1.54, 1.807) is 0 Å². The van der Waals surface area contributed by atoms with Gasteiger partial charge in [-0.3, -0.25) is 13.6 Å².